The first-order valence-corrected chi connectivity index (χ1v) is 11.4. The number of sulfonamides is 1. The predicted octanol–water partition coefficient (Wildman–Crippen LogP) is 3.76. The van der Waals surface area contributed by atoms with E-state index in [1.807, 2.05) is 37.3 Å². The van der Waals surface area contributed by atoms with Crippen molar-refractivity contribution in [1.82, 2.24) is 9.62 Å². The zero-order chi connectivity index (χ0) is 20.1. The summed E-state index contributed by atoms with van der Waals surface area (Å²) in [6.07, 6.45) is 1.07. The van der Waals surface area contributed by atoms with Gasteiger partial charge in [-0.15, -0.1) is 0 Å². The number of nitrogens with zero attached hydrogens (tertiary/aromatic N) is 1. The maximum absolute atomic E-state index is 12.7. The van der Waals surface area contributed by atoms with Crippen molar-refractivity contribution in [2.45, 2.75) is 31.6 Å². The van der Waals surface area contributed by atoms with E-state index >= 15 is 0 Å². The van der Waals surface area contributed by atoms with Gasteiger partial charge in [-0.3, -0.25) is 4.79 Å². The molecule has 150 valence electrons. The second-order valence-corrected chi connectivity index (χ2v) is 9.60. The van der Waals surface area contributed by atoms with Gasteiger partial charge in [-0.05, 0) is 43.0 Å². The molecule has 5 nitrogen and oxygen atoms in total. The van der Waals surface area contributed by atoms with Crippen LogP contribution in [0.5, 0.6) is 0 Å². The molecule has 1 fully saturated rings. The molecular weight excluding hydrogens is 396 g/mol. The minimum Gasteiger partial charge on any atom is -0.349 e. The molecule has 1 amide bonds. The van der Waals surface area contributed by atoms with Crippen molar-refractivity contribution >= 4 is 27.5 Å². The molecule has 3 rings (SSSR count). The quantitative estimate of drug-likeness (QED) is 0.773. The van der Waals surface area contributed by atoms with E-state index in [2.05, 4.69) is 5.32 Å². The van der Waals surface area contributed by atoms with Crippen molar-refractivity contribution in [3.63, 3.8) is 0 Å². The monoisotopic (exact) mass is 420 g/mol. The van der Waals surface area contributed by atoms with E-state index < -0.39 is 10.0 Å². The number of benzene rings is 2. The molecule has 0 bridgehead atoms. The summed E-state index contributed by atoms with van der Waals surface area (Å²) in [7, 11) is -3.41. The van der Waals surface area contributed by atoms with E-state index in [9.17, 15) is 13.2 Å². The number of halogens is 1. The lowest BCUT2D eigenvalue weighted by Crippen LogP contribution is -2.43. The van der Waals surface area contributed by atoms with Crippen LogP contribution >= 0.6 is 11.6 Å². The van der Waals surface area contributed by atoms with Crippen LogP contribution in [0.2, 0.25) is 5.02 Å². The Bertz CT molecular complexity index is 893. The number of carbonyl (C=O) groups excluding carboxylic acids is 1. The topological polar surface area (TPSA) is 66.5 Å². The van der Waals surface area contributed by atoms with Gasteiger partial charge in [-0.25, -0.2) is 12.7 Å². The molecule has 0 spiro atoms. The van der Waals surface area contributed by atoms with Gasteiger partial charge >= 0.3 is 0 Å². The fourth-order valence-corrected chi connectivity index (χ4v) is 5.12. The molecule has 2 aromatic carbocycles. The number of carbonyl (C=O) groups is 1. The number of hydrogen-bond acceptors (Lipinski definition) is 3. The van der Waals surface area contributed by atoms with Gasteiger partial charge in [0.25, 0.3) is 0 Å². The van der Waals surface area contributed by atoms with Crippen LogP contribution in [0.3, 0.4) is 0 Å². The lowest BCUT2D eigenvalue weighted by Gasteiger charge is -2.31. The van der Waals surface area contributed by atoms with E-state index in [0.29, 0.717) is 36.5 Å². The van der Waals surface area contributed by atoms with Crippen molar-refractivity contribution in [1.29, 1.82) is 0 Å². The standard InChI is InChI=1S/C21H25ClN2O3S/c1-16(18-5-3-2-4-6-18)23-21(25)19-11-13-24(14-12-19)28(26,27)15-17-7-9-20(22)10-8-17/h2-10,16,19H,11-15H2,1H3,(H,23,25)/t16-/m1/s1. The Hall–Kier alpha value is -1.89. The number of hydrogen-bond donors (Lipinski definition) is 1. The Kier molecular flexibility index (Phi) is 6.75. The average molecular weight is 421 g/mol. The van der Waals surface area contributed by atoms with Crippen LogP contribution in [-0.4, -0.2) is 31.7 Å². The van der Waals surface area contributed by atoms with E-state index in [-0.39, 0.29) is 23.6 Å². The molecule has 1 atom stereocenters. The van der Waals surface area contributed by atoms with Crippen LogP contribution in [-0.2, 0) is 20.6 Å². The van der Waals surface area contributed by atoms with E-state index in [4.69, 9.17) is 11.6 Å². The minimum atomic E-state index is -3.41. The van der Waals surface area contributed by atoms with Gasteiger partial charge in [0.2, 0.25) is 15.9 Å². The van der Waals surface area contributed by atoms with E-state index in [1.165, 1.54) is 4.31 Å². The molecule has 1 saturated heterocycles. The molecule has 1 N–H and O–H groups in total. The summed E-state index contributed by atoms with van der Waals surface area (Å²) < 4.78 is 26.8. The van der Waals surface area contributed by atoms with Gasteiger partial charge in [-0.1, -0.05) is 54.1 Å². The molecule has 1 aliphatic heterocycles. The molecule has 1 heterocycles. The lowest BCUT2D eigenvalue weighted by molar-refractivity contribution is -0.126. The molecule has 2 aromatic rings. The minimum absolute atomic E-state index is 0.00824. The molecule has 0 aliphatic carbocycles. The number of amides is 1. The third-order valence-electron chi connectivity index (χ3n) is 5.14. The summed E-state index contributed by atoms with van der Waals surface area (Å²) in [5.41, 5.74) is 1.76. The van der Waals surface area contributed by atoms with Crippen molar-refractivity contribution in [2.24, 2.45) is 5.92 Å². The molecule has 0 radical (unpaired) electrons. The summed E-state index contributed by atoms with van der Waals surface area (Å²) in [4.78, 5) is 12.6. The highest BCUT2D eigenvalue weighted by Crippen LogP contribution is 2.23. The van der Waals surface area contributed by atoms with Crippen LogP contribution in [0.25, 0.3) is 0 Å². The first-order valence-electron chi connectivity index (χ1n) is 9.43. The van der Waals surface area contributed by atoms with Crippen LogP contribution in [0, 0.1) is 5.92 Å². The number of piperidine rings is 1. The van der Waals surface area contributed by atoms with Gasteiger partial charge in [0.05, 0.1) is 11.8 Å². The Balaban J connectivity index is 1.53. The van der Waals surface area contributed by atoms with Crippen molar-refractivity contribution in [3.05, 3.63) is 70.7 Å². The maximum Gasteiger partial charge on any atom is 0.223 e. The molecular formula is C21H25ClN2O3S. The molecule has 7 heteroatoms. The van der Waals surface area contributed by atoms with Crippen molar-refractivity contribution < 1.29 is 13.2 Å². The predicted molar refractivity (Wildman–Crippen MR) is 111 cm³/mol. The van der Waals surface area contributed by atoms with Gasteiger partial charge in [0.15, 0.2) is 0 Å². The summed E-state index contributed by atoms with van der Waals surface area (Å²) >= 11 is 5.85. The summed E-state index contributed by atoms with van der Waals surface area (Å²) in [6.45, 7) is 2.69. The van der Waals surface area contributed by atoms with Gasteiger partial charge in [0.1, 0.15) is 0 Å². The lowest BCUT2D eigenvalue weighted by atomic mass is 9.96. The van der Waals surface area contributed by atoms with Crippen molar-refractivity contribution in [3.8, 4) is 0 Å². The molecule has 28 heavy (non-hydrogen) atoms. The van der Waals surface area contributed by atoms with E-state index in [1.54, 1.807) is 24.3 Å². The third kappa shape index (κ3) is 5.34. The Morgan fingerprint density at radius 2 is 1.71 bits per heavy atom. The fourth-order valence-electron chi connectivity index (χ4n) is 3.43. The Labute approximate surface area is 171 Å². The highest BCUT2D eigenvalue weighted by atomic mass is 35.5. The molecule has 0 aromatic heterocycles. The highest BCUT2D eigenvalue weighted by Gasteiger charge is 2.31. The van der Waals surface area contributed by atoms with Gasteiger partial charge in [0, 0.05) is 24.0 Å². The van der Waals surface area contributed by atoms with Crippen molar-refractivity contribution in [2.75, 3.05) is 13.1 Å². The SMILES string of the molecule is C[C@@H](NC(=O)C1CCN(S(=O)(=O)Cc2ccc(Cl)cc2)CC1)c1ccccc1. The molecule has 0 saturated carbocycles. The second kappa shape index (κ2) is 9.07. The first kappa shape index (κ1) is 20.8. The Morgan fingerprint density at radius 3 is 2.32 bits per heavy atom. The zero-order valence-corrected chi connectivity index (χ0v) is 17.4. The van der Waals surface area contributed by atoms with Gasteiger partial charge < -0.3 is 5.32 Å². The summed E-state index contributed by atoms with van der Waals surface area (Å²) in [5.74, 6) is -0.217. The summed E-state index contributed by atoms with van der Waals surface area (Å²) in [5, 5.41) is 3.63. The largest absolute Gasteiger partial charge is 0.349 e. The smallest absolute Gasteiger partial charge is 0.223 e. The summed E-state index contributed by atoms with van der Waals surface area (Å²) in [6, 6.07) is 16.6. The van der Waals surface area contributed by atoms with E-state index in [0.717, 1.165) is 5.56 Å². The molecule has 1 aliphatic rings. The third-order valence-corrected chi connectivity index (χ3v) is 7.24. The second-order valence-electron chi connectivity index (χ2n) is 7.20. The average Bonchev–Trinajstić information content (AvgIpc) is 2.70. The normalized spacial score (nSPS) is 17.2. The fraction of sp³-hybridized carbons (Fsp3) is 0.381. The number of nitrogens with one attached hydrogen (secondary N) is 1. The van der Waals surface area contributed by atoms with Gasteiger partial charge in [-0.2, -0.15) is 0 Å². The molecule has 0 unspecified atom stereocenters. The highest BCUT2D eigenvalue weighted by molar-refractivity contribution is 7.88. The first-order chi connectivity index (χ1) is 13.3. The van der Waals surface area contributed by atoms with Crippen LogP contribution in [0.4, 0.5) is 0 Å². The van der Waals surface area contributed by atoms with Crippen LogP contribution in [0.15, 0.2) is 54.6 Å². The maximum atomic E-state index is 12.7. The van der Waals surface area contributed by atoms with Crippen LogP contribution < -0.4 is 5.32 Å². The Morgan fingerprint density at radius 1 is 1.11 bits per heavy atom. The van der Waals surface area contributed by atoms with Crippen LogP contribution in [0.1, 0.15) is 36.9 Å². The number of rotatable bonds is 6. The zero-order valence-electron chi connectivity index (χ0n) is 15.8.